The molecule has 0 bridgehead atoms. The van der Waals surface area contributed by atoms with Crippen molar-refractivity contribution in [2.75, 3.05) is 6.26 Å². The van der Waals surface area contributed by atoms with Gasteiger partial charge in [0, 0.05) is 35.3 Å². The Morgan fingerprint density at radius 2 is 1.72 bits per heavy atom. The van der Waals surface area contributed by atoms with Gasteiger partial charge >= 0.3 is 0 Å². The van der Waals surface area contributed by atoms with Crippen molar-refractivity contribution in [3.8, 4) is 5.69 Å². The van der Waals surface area contributed by atoms with Crippen LogP contribution in [0.4, 0.5) is 0 Å². The summed E-state index contributed by atoms with van der Waals surface area (Å²) in [6, 6.07) is 17.0. The first-order chi connectivity index (χ1) is 15.3. The summed E-state index contributed by atoms with van der Waals surface area (Å²) in [5.74, 6) is -0.487. The predicted octanol–water partition coefficient (Wildman–Crippen LogP) is 4.64. The van der Waals surface area contributed by atoms with Gasteiger partial charge in [0.05, 0.1) is 0 Å². The minimum Gasteiger partial charge on any atom is -0.348 e. The molecule has 164 valence electrons. The lowest BCUT2D eigenvalue weighted by atomic mass is 9.73. The first-order valence-electron chi connectivity index (χ1n) is 10.6. The SMILES string of the molecule is CSc1ccc(CNC(=O)c2c3c(cn(-c4ccccc4)c2=O)C(=O)CC(C)(C)C3)cc1. The van der Waals surface area contributed by atoms with Crippen LogP contribution in [0.1, 0.15) is 52.1 Å². The summed E-state index contributed by atoms with van der Waals surface area (Å²) in [5.41, 5.74) is 1.93. The summed E-state index contributed by atoms with van der Waals surface area (Å²) in [6.07, 6.45) is 4.50. The van der Waals surface area contributed by atoms with Crippen LogP contribution < -0.4 is 10.9 Å². The Labute approximate surface area is 191 Å². The minimum absolute atomic E-state index is 0.0392. The number of Topliss-reactive ketones (excluding diaryl/α,β-unsaturated/α-hetero) is 1. The number of amides is 1. The van der Waals surface area contributed by atoms with E-state index >= 15 is 0 Å². The highest BCUT2D eigenvalue weighted by Gasteiger charge is 2.35. The molecular weight excluding hydrogens is 420 g/mol. The molecule has 5 nitrogen and oxygen atoms in total. The highest BCUT2D eigenvalue weighted by Crippen LogP contribution is 2.35. The second-order valence-corrected chi connectivity index (χ2v) is 9.76. The van der Waals surface area contributed by atoms with E-state index in [0.717, 1.165) is 10.5 Å². The maximum atomic E-state index is 13.5. The van der Waals surface area contributed by atoms with Crippen LogP contribution in [0.15, 0.2) is 70.5 Å². The minimum atomic E-state index is -0.448. The van der Waals surface area contributed by atoms with Gasteiger partial charge in [-0.1, -0.05) is 44.2 Å². The largest absolute Gasteiger partial charge is 0.348 e. The third-order valence-electron chi connectivity index (χ3n) is 5.79. The summed E-state index contributed by atoms with van der Waals surface area (Å²) in [4.78, 5) is 40.9. The fourth-order valence-electron chi connectivity index (χ4n) is 4.17. The highest BCUT2D eigenvalue weighted by molar-refractivity contribution is 7.98. The van der Waals surface area contributed by atoms with Crippen LogP contribution >= 0.6 is 11.8 Å². The number of nitrogens with one attached hydrogen (secondary N) is 1. The molecule has 0 fully saturated rings. The molecule has 0 radical (unpaired) electrons. The predicted molar refractivity (Wildman–Crippen MR) is 128 cm³/mol. The monoisotopic (exact) mass is 446 g/mol. The Hall–Kier alpha value is -3.12. The van der Waals surface area contributed by atoms with Crippen LogP contribution in [0.5, 0.6) is 0 Å². The number of pyridine rings is 1. The van der Waals surface area contributed by atoms with E-state index in [-0.39, 0.29) is 16.8 Å². The number of carbonyl (C=O) groups is 2. The van der Waals surface area contributed by atoms with Crippen LogP contribution in [0.2, 0.25) is 0 Å². The van der Waals surface area contributed by atoms with E-state index in [1.54, 1.807) is 30.1 Å². The molecule has 0 unspecified atom stereocenters. The Morgan fingerprint density at radius 1 is 1.03 bits per heavy atom. The Morgan fingerprint density at radius 3 is 2.38 bits per heavy atom. The third-order valence-corrected chi connectivity index (χ3v) is 6.53. The molecule has 1 heterocycles. The topological polar surface area (TPSA) is 68.2 Å². The van der Waals surface area contributed by atoms with E-state index in [0.29, 0.717) is 36.2 Å². The summed E-state index contributed by atoms with van der Waals surface area (Å²) < 4.78 is 1.41. The average molecular weight is 447 g/mol. The van der Waals surface area contributed by atoms with Crippen molar-refractivity contribution in [1.29, 1.82) is 0 Å². The van der Waals surface area contributed by atoms with Crippen molar-refractivity contribution < 1.29 is 9.59 Å². The number of carbonyl (C=O) groups excluding carboxylic acids is 2. The highest BCUT2D eigenvalue weighted by atomic mass is 32.2. The van der Waals surface area contributed by atoms with Gasteiger partial charge in [0.1, 0.15) is 5.56 Å². The number of ketones is 1. The zero-order valence-electron chi connectivity index (χ0n) is 18.5. The fourth-order valence-corrected chi connectivity index (χ4v) is 4.58. The second-order valence-electron chi connectivity index (χ2n) is 8.88. The van der Waals surface area contributed by atoms with Crippen molar-refractivity contribution in [3.63, 3.8) is 0 Å². The molecule has 1 aliphatic carbocycles. The summed E-state index contributed by atoms with van der Waals surface area (Å²) in [6.45, 7) is 4.29. The quantitative estimate of drug-likeness (QED) is 0.580. The van der Waals surface area contributed by atoms with Gasteiger partial charge < -0.3 is 5.32 Å². The van der Waals surface area contributed by atoms with E-state index in [1.165, 1.54) is 4.57 Å². The maximum absolute atomic E-state index is 13.5. The molecule has 1 N–H and O–H groups in total. The van der Waals surface area contributed by atoms with Crippen LogP contribution in [0, 0.1) is 5.41 Å². The number of rotatable bonds is 5. The zero-order valence-corrected chi connectivity index (χ0v) is 19.3. The molecule has 0 saturated heterocycles. The molecule has 0 aliphatic heterocycles. The van der Waals surface area contributed by atoms with E-state index in [1.807, 2.05) is 62.6 Å². The smallest absolute Gasteiger partial charge is 0.268 e. The van der Waals surface area contributed by atoms with E-state index in [4.69, 9.17) is 0 Å². The van der Waals surface area contributed by atoms with Crippen molar-refractivity contribution in [1.82, 2.24) is 9.88 Å². The number of fused-ring (bicyclic) bond motifs is 1. The number of hydrogen-bond donors (Lipinski definition) is 1. The molecule has 1 aromatic heterocycles. The molecule has 0 atom stereocenters. The second kappa shape index (κ2) is 8.79. The standard InChI is InChI=1S/C26H26N2O3S/c1-26(2)13-20-21(22(29)14-26)16-28(18-7-5-4-6-8-18)25(31)23(20)24(30)27-15-17-9-11-19(32-3)12-10-17/h4-12,16H,13-15H2,1-3H3,(H,27,30). The Kier molecular flexibility index (Phi) is 6.07. The third kappa shape index (κ3) is 4.41. The normalized spacial score (nSPS) is 14.7. The van der Waals surface area contributed by atoms with E-state index in [9.17, 15) is 14.4 Å². The van der Waals surface area contributed by atoms with Gasteiger partial charge in [0.2, 0.25) is 0 Å². The van der Waals surface area contributed by atoms with Gasteiger partial charge in [-0.3, -0.25) is 19.0 Å². The number of thioether (sulfide) groups is 1. The molecule has 0 saturated carbocycles. The molecule has 2 aromatic carbocycles. The Bertz CT molecular complexity index is 1230. The number of para-hydroxylation sites is 1. The van der Waals surface area contributed by atoms with E-state index < -0.39 is 11.5 Å². The fraction of sp³-hybridized carbons (Fsp3) is 0.269. The number of benzene rings is 2. The molecule has 3 aromatic rings. The summed E-state index contributed by atoms with van der Waals surface area (Å²) in [5, 5.41) is 2.89. The van der Waals surface area contributed by atoms with Crippen molar-refractivity contribution >= 4 is 23.5 Å². The molecule has 32 heavy (non-hydrogen) atoms. The first-order valence-corrected chi connectivity index (χ1v) is 11.8. The van der Waals surface area contributed by atoms with Gasteiger partial charge in [-0.2, -0.15) is 0 Å². The van der Waals surface area contributed by atoms with Crippen LogP contribution in [0.3, 0.4) is 0 Å². The lowest BCUT2D eigenvalue weighted by Crippen LogP contribution is -2.38. The molecule has 6 heteroatoms. The van der Waals surface area contributed by atoms with Gasteiger partial charge in [0.15, 0.2) is 5.78 Å². The van der Waals surface area contributed by atoms with Gasteiger partial charge in [-0.05, 0) is 53.5 Å². The van der Waals surface area contributed by atoms with Crippen molar-refractivity contribution in [2.24, 2.45) is 5.41 Å². The summed E-state index contributed by atoms with van der Waals surface area (Å²) >= 11 is 1.65. The van der Waals surface area contributed by atoms with Crippen LogP contribution in [-0.2, 0) is 13.0 Å². The first kappa shape index (κ1) is 22.1. The zero-order chi connectivity index (χ0) is 22.9. The lowest BCUT2D eigenvalue weighted by molar-refractivity contribution is 0.0909. The van der Waals surface area contributed by atoms with Crippen molar-refractivity contribution in [2.45, 2.75) is 38.1 Å². The molecule has 4 rings (SSSR count). The lowest BCUT2D eigenvalue weighted by Gasteiger charge is -2.31. The Balaban J connectivity index is 1.76. The number of nitrogens with zero attached hydrogens (tertiary/aromatic N) is 1. The molecule has 0 spiro atoms. The average Bonchev–Trinajstić information content (AvgIpc) is 2.77. The molecule has 1 aliphatic rings. The number of aromatic nitrogens is 1. The molecule has 1 amide bonds. The van der Waals surface area contributed by atoms with Crippen molar-refractivity contribution in [3.05, 3.63) is 93.4 Å². The van der Waals surface area contributed by atoms with Gasteiger partial charge in [-0.15, -0.1) is 11.8 Å². The van der Waals surface area contributed by atoms with Crippen LogP contribution in [0.25, 0.3) is 5.69 Å². The van der Waals surface area contributed by atoms with Gasteiger partial charge in [0.25, 0.3) is 11.5 Å². The van der Waals surface area contributed by atoms with Crippen LogP contribution in [-0.4, -0.2) is 22.5 Å². The summed E-state index contributed by atoms with van der Waals surface area (Å²) in [7, 11) is 0. The van der Waals surface area contributed by atoms with Gasteiger partial charge in [-0.25, -0.2) is 0 Å². The molecular formula is C26H26N2O3S. The number of hydrogen-bond acceptors (Lipinski definition) is 4. The van der Waals surface area contributed by atoms with E-state index in [2.05, 4.69) is 5.32 Å². The maximum Gasteiger partial charge on any atom is 0.268 e.